The average molecular weight is 308 g/mol. The van der Waals surface area contributed by atoms with Crippen molar-refractivity contribution < 1.29 is 13.6 Å². The Kier molecular flexibility index (Phi) is 2.98. The van der Waals surface area contributed by atoms with E-state index in [0.717, 1.165) is 25.7 Å². The highest BCUT2D eigenvalue weighted by atomic mass is 19.3. The highest BCUT2D eigenvalue weighted by Crippen LogP contribution is 2.68. The minimum atomic E-state index is -2.48. The molecule has 0 saturated heterocycles. The van der Waals surface area contributed by atoms with Gasteiger partial charge in [-0.05, 0) is 67.8 Å². The molecule has 4 aliphatic carbocycles. The molecular formula is C19H26F2O. The summed E-state index contributed by atoms with van der Waals surface area (Å²) in [4.78, 5) is 11.8. The van der Waals surface area contributed by atoms with E-state index in [9.17, 15) is 13.6 Å². The van der Waals surface area contributed by atoms with Crippen LogP contribution in [0.1, 0.15) is 65.2 Å². The smallest absolute Gasteiger partial charge is 0.253 e. The Morgan fingerprint density at radius 1 is 1.00 bits per heavy atom. The summed E-state index contributed by atoms with van der Waals surface area (Å²) in [6.45, 7) is 4.15. The number of carbonyl (C=O) groups excluding carboxylic acids is 1. The molecule has 0 aromatic rings. The fourth-order valence-corrected chi connectivity index (χ4v) is 6.49. The number of fused-ring (bicyclic) bond motifs is 5. The van der Waals surface area contributed by atoms with Crippen LogP contribution in [0.2, 0.25) is 0 Å². The minimum absolute atomic E-state index is 0.0787. The molecule has 0 heterocycles. The second-order valence-electron chi connectivity index (χ2n) is 8.67. The topological polar surface area (TPSA) is 17.1 Å². The highest BCUT2D eigenvalue weighted by Gasteiger charge is 2.65. The largest absolute Gasteiger partial charge is 0.295 e. The van der Waals surface area contributed by atoms with Gasteiger partial charge in [0.05, 0.1) is 0 Å². The minimum Gasteiger partial charge on any atom is -0.295 e. The molecule has 122 valence electrons. The first-order valence-electron chi connectivity index (χ1n) is 8.90. The Labute approximate surface area is 131 Å². The molecule has 3 heteroatoms. The first-order valence-corrected chi connectivity index (χ1v) is 8.90. The Balaban J connectivity index is 1.70. The summed E-state index contributed by atoms with van der Waals surface area (Å²) in [6.07, 6.45) is 7.75. The third-order valence-corrected chi connectivity index (χ3v) is 7.96. The van der Waals surface area contributed by atoms with Crippen molar-refractivity contribution in [3.05, 3.63) is 11.6 Å². The molecule has 0 N–H and O–H groups in total. The Hall–Kier alpha value is -0.730. The molecule has 0 amide bonds. The van der Waals surface area contributed by atoms with E-state index in [4.69, 9.17) is 0 Å². The van der Waals surface area contributed by atoms with Gasteiger partial charge in [-0.1, -0.05) is 19.4 Å². The summed E-state index contributed by atoms with van der Waals surface area (Å²) in [5.41, 5.74) is 0.630. The monoisotopic (exact) mass is 308 g/mol. The summed E-state index contributed by atoms with van der Waals surface area (Å²) < 4.78 is 28.9. The van der Waals surface area contributed by atoms with Crippen LogP contribution >= 0.6 is 0 Å². The van der Waals surface area contributed by atoms with E-state index in [0.29, 0.717) is 31.1 Å². The van der Waals surface area contributed by atoms with Gasteiger partial charge in [-0.3, -0.25) is 4.79 Å². The van der Waals surface area contributed by atoms with Gasteiger partial charge < -0.3 is 0 Å². The summed E-state index contributed by atoms with van der Waals surface area (Å²) in [5, 5.41) is 0. The molecule has 1 nitrogen and oxygen atoms in total. The zero-order chi connectivity index (χ0) is 15.8. The molecule has 22 heavy (non-hydrogen) atoms. The van der Waals surface area contributed by atoms with Crippen molar-refractivity contribution in [1.82, 2.24) is 0 Å². The molecule has 0 bridgehead atoms. The number of carbonyl (C=O) groups is 1. The third-order valence-electron chi connectivity index (χ3n) is 7.96. The number of rotatable bonds is 0. The maximum absolute atomic E-state index is 14.4. The summed E-state index contributed by atoms with van der Waals surface area (Å²) >= 11 is 0. The molecule has 5 atom stereocenters. The van der Waals surface area contributed by atoms with Gasteiger partial charge in [0.1, 0.15) is 0 Å². The third kappa shape index (κ3) is 1.71. The lowest BCUT2D eigenvalue weighted by Crippen LogP contribution is -2.52. The van der Waals surface area contributed by atoms with Crippen LogP contribution in [-0.2, 0) is 4.79 Å². The van der Waals surface area contributed by atoms with Crippen LogP contribution in [0, 0.1) is 28.6 Å². The molecule has 4 rings (SSSR count). The van der Waals surface area contributed by atoms with Crippen LogP contribution in [0.25, 0.3) is 0 Å². The summed E-state index contributed by atoms with van der Waals surface area (Å²) in [7, 11) is 0. The normalized spacial score (nSPS) is 49.9. The lowest BCUT2D eigenvalue weighted by Gasteiger charge is -2.57. The van der Waals surface area contributed by atoms with Crippen molar-refractivity contribution in [3.8, 4) is 0 Å². The molecule has 0 aliphatic heterocycles. The van der Waals surface area contributed by atoms with Crippen molar-refractivity contribution >= 4 is 5.78 Å². The number of alkyl halides is 2. The standard InChI is InChI=1S/C19H26F2O/c1-17-8-5-13(22)11-12(17)3-4-14-15(17)6-9-18(2)16(14)7-10-19(18,20)21/h11,14-16H,3-10H2,1-2H3/t14?,15?,16?,17-,18-/m0/s1. The molecule has 4 aliphatic rings. The van der Waals surface area contributed by atoms with Crippen molar-refractivity contribution in [2.75, 3.05) is 0 Å². The van der Waals surface area contributed by atoms with E-state index < -0.39 is 11.3 Å². The second kappa shape index (κ2) is 4.42. The van der Waals surface area contributed by atoms with Gasteiger partial charge in [0.15, 0.2) is 5.78 Å². The number of halogens is 2. The molecule has 3 saturated carbocycles. The van der Waals surface area contributed by atoms with Gasteiger partial charge in [0.2, 0.25) is 0 Å². The van der Waals surface area contributed by atoms with Gasteiger partial charge in [-0.2, -0.15) is 0 Å². The summed E-state index contributed by atoms with van der Waals surface area (Å²) in [6, 6.07) is 0. The van der Waals surface area contributed by atoms with Crippen molar-refractivity contribution in [3.63, 3.8) is 0 Å². The van der Waals surface area contributed by atoms with Crippen LogP contribution in [0.15, 0.2) is 11.6 Å². The Bertz CT molecular complexity index is 552. The predicted octanol–water partition coefficient (Wildman–Crippen LogP) is 5.15. The van der Waals surface area contributed by atoms with Crippen LogP contribution in [0.5, 0.6) is 0 Å². The van der Waals surface area contributed by atoms with Gasteiger partial charge in [-0.15, -0.1) is 0 Å². The maximum Gasteiger partial charge on any atom is 0.253 e. The average Bonchev–Trinajstić information content (AvgIpc) is 2.70. The lowest BCUT2D eigenvalue weighted by atomic mass is 9.47. The van der Waals surface area contributed by atoms with Crippen molar-refractivity contribution in [2.24, 2.45) is 28.6 Å². The van der Waals surface area contributed by atoms with E-state index in [-0.39, 0.29) is 23.5 Å². The van der Waals surface area contributed by atoms with Crippen LogP contribution < -0.4 is 0 Å². The molecule has 0 radical (unpaired) electrons. The fraction of sp³-hybridized carbons (Fsp3) is 0.842. The van der Waals surface area contributed by atoms with Crippen molar-refractivity contribution in [1.29, 1.82) is 0 Å². The highest BCUT2D eigenvalue weighted by molar-refractivity contribution is 5.91. The van der Waals surface area contributed by atoms with Crippen LogP contribution in [0.4, 0.5) is 8.78 Å². The number of hydrogen-bond acceptors (Lipinski definition) is 1. The number of hydrogen-bond donors (Lipinski definition) is 0. The first-order chi connectivity index (χ1) is 10.3. The van der Waals surface area contributed by atoms with E-state index in [1.807, 2.05) is 13.0 Å². The fourth-order valence-electron chi connectivity index (χ4n) is 6.49. The van der Waals surface area contributed by atoms with Crippen LogP contribution in [0.3, 0.4) is 0 Å². The molecule has 0 aromatic carbocycles. The quantitative estimate of drug-likeness (QED) is 0.604. The van der Waals surface area contributed by atoms with Gasteiger partial charge in [0.25, 0.3) is 5.92 Å². The lowest BCUT2D eigenvalue weighted by molar-refractivity contribution is -0.151. The van der Waals surface area contributed by atoms with Crippen molar-refractivity contribution in [2.45, 2.75) is 71.1 Å². The predicted molar refractivity (Wildman–Crippen MR) is 81.7 cm³/mol. The molecule has 3 unspecified atom stereocenters. The zero-order valence-electron chi connectivity index (χ0n) is 13.6. The SMILES string of the molecule is C[C@]12CCC(=O)C=C1CCC1C2CC[C@@]2(C)C1CCC2(F)F. The van der Waals surface area contributed by atoms with Crippen LogP contribution in [-0.4, -0.2) is 11.7 Å². The zero-order valence-corrected chi connectivity index (χ0v) is 13.6. The molecular weight excluding hydrogens is 282 g/mol. The Morgan fingerprint density at radius 2 is 1.73 bits per heavy atom. The van der Waals surface area contributed by atoms with E-state index in [1.165, 1.54) is 5.57 Å². The molecule has 3 fully saturated rings. The van der Waals surface area contributed by atoms with E-state index in [2.05, 4.69) is 6.92 Å². The summed E-state index contributed by atoms with van der Waals surface area (Å²) in [5.74, 6) is -1.10. The second-order valence-corrected chi connectivity index (χ2v) is 8.67. The number of ketones is 1. The Morgan fingerprint density at radius 3 is 2.50 bits per heavy atom. The van der Waals surface area contributed by atoms with E-state index >= 15 is 0 Å². The number of allylic oxidation sites excluding steroid dienone is 1. The first kappa shape index (κ1) is 14.8. The van der Waals surface area contributed by atoms with Gasteiger partial charge in [-0.25, -0.2) is 8.78 Å². The maximum atomic E-state index is 14.4. The van der Waals surface area contributed by atoms with Gasteiger partial charge >= 0.3 is 0 Å². The molecule has 0 aromatic heterocycles. The van der Waals surface area contributed by atoms with Gasteiger partial charge in [0, 0.05) is 18.3 Å². The molecule has 0 spiro atoms. The van der Waals surface area contributed by atoms with E-state index in [1.54, 1.807) is 0 Å².